The number of rotatable bonds is 5. The van der Waals surface area contributed by atoms with Gasteiger partial charge in [-0.15, -0.1) is 11.3 Å². The number of aromatic nitrogens is 4. The molecule has 1 fully saturated rings. The SMILES string of the molecule is Cc1cc(Nc2nc(C)c(C)s2)cc([C@@H]2CN(C(=O)Cn3cccn3)CCO2)n1. The molecule has 0 spiro atoms. The number of morpholine rings is 1. The number of nitrogens with one attached hydrogen (secondary N) is 1. The summed E-state index contributed by atoms with van der Waals surface area (Å²) in [5, 5.41) is 8.34. The van der Waals surface area contributed by atoms with E-state index in [-0.39, 0.29) is 18.6 Å². The molecule has 0 aliphatic carbocycles. The Kier molecular flexibility index (Phi) is 5.59. The van der Waals surface area contributed by atoms with Crippen LogP contribution in [0.3, 0.4) is 0 Å². The summed E-state index contributed by atoms with van der Waals surface area (Å²) in [5.74, 6) is 0.0294. The van der Waals surface area contributed by atoms with Crippen LogP contribution < -0.4 is 5.32 Å². The molecule has 3 aromatic heterocycles. The van der Waals surface area contributed by atoms with Gasteiger partial charge in [0, 0.05) is 35.2 Å². The van der Waals surface area contributed by atoms with Gasteiger partial charge in [-0.25, -0.2) is 4.98 Å². The summed E-state index contributed by atoms with van der Waals surface area (Å²) in [4.78, 5) is 24.8. The predicted octanol–water partition coefficient (Wildman–Crippen LogP) is 3.00. The fourth-order valence-corrected chi connectivity index (χ4v) is 4.10. The third-order valence-corrected chi connectivity index (χ3v) is 5.85. The number of hydrogen-bond acceptors (Lipinski definition) is 7. The summed E-state index contributed by atoms with van der Waals surface area (Å²) in [6.07, 6.45) is 3.20. The predicted molar refractivity (Wildman–Crippen MR) is 111 cm³/mol. The van der Waals surface area contributed by atoms with Crippen molar-refractivity contribution in [2.45, 2.75) is 33.4 Å². The minimum absolute atomic E-state index is 0.0294. The van der Waals surface area contributed by atoms with Crippen LogP contribution >= 0.6 is 11.3 Å². The minimum atomic E-state index is -0.259. The topological polar surface area (TPSA) is 85.2 Å². The molecule has 0 saturated carbocycles. The van der Waals surface area contributed by atoms with E-state index in [1.54, 1.807) is 28.4 Å². The molecule has 1 aliphatic heterocycles. The van der Waals surface area contributed by atoms with Crippen LogP contribution in [0.1, 0.15) is 28.1 Å². The van der Waals surface area contributed by atoms with E-state index in [0.29, 0.717) is 19.7 Å². The van der Waals surface area contributed by atoms with Crippen molar-refractivity contribution >= 4 is 28.1 Å². The van der Waals surface area contributed by atoms with Gasteiger partial charge in [0.1, 0.15) is 12.6 Å². The van der Waals surface area contributed by atoms with Gasteiger partial charge in [-0.2, -0.15) is 5.10 Å². The second-order valence-electron chi connectivity index (χ2n) is 7.11. The van der Waals surface area contributed by atoms with Crippen molar-refractivity contribution in [3.63, 3.8) is 0 Å². The van der Waals surface area contributed by atoms with Gasteiger partial charge in [0.05, 0.1) is 24.5 Å². The van der Waals surface area contributed by atoms with E-state index in [1.165, 1.54) is 4.88 Å². The molecule has 1 atom stereocenters. The van der Waals surface area contributed by atoms with E-state index in [1.807, 2.05) is 36.9 Å². The monoisotopic (exact) mass is 412 g/mol. The fraction of sp³-hybridized carbons (Fsp3) is 0.400. The number of carbonyl (C=O) groups excluding carboxylic acids is 1. The largest absolute Gasteiger partial charge is 0.368 e. The highest BCUT2D eigenvalue weighted by Crippen LogP contribution is 2.28. The molecule has 8 nitrogen and oxygen atoms in total. The Bertz CT molecular complexity index is 981. The van der Waals surface area contributed by atoms with Gasteiger partial charge >= 0.3 is 0 Å². The van der Waals surface area contributed by atoms with Gasteiger partial charge in [-0.3, -0.25) is 14.5 Å². The maximum atomic E-state index is 12.6. The second-order valence-corrected chi connectivity index (χ2v) is 8.31. The molecule has 152 valence electrons. The normalized spacial score (nSPS) is 16.8. The number of amides is 1. The number of carbonyl (C=O) groups is 1. The van der Waals surface area contributed by atoms with Crippen LogP contribution in [-0.2, 0) is 16.1 Å². The molecule has 1 N–H and O–H groups in total. The van der Waals surface area contributed by atoms with Crippen LogP contribution in [-0.4, -0.2) is 50.3 Å². The van der Waals surface area contributed by atoms with E-state index in [9.17, 15) is 4.79 Å². The van der Waals surface area contributed by atoms with Crippen LogP contribution in [0.2, 0.25) is 0 Å². The maximum Gasteiger partial charge on any atom is 0.244 e. The molecule has 1 amide bonds. The van der Waals surface area contributed by atoms with Crippen molar-refractivity contribution in [3.8, 4) is 0 Å². The number of anilines is 2. The zero-order valence-electron chi connectivity index (χ0n) is 16.8. The molecule has 0 aromatic carbocycles. The van der Waals surface area contributed by atoms with Crippen molar-refractivity contribution in [1.29, 1.82) is 0 Å². The minimum Gasteiger partial charge on any atom is -0.368 e. The average molecular weight is 413 g/mol. The summed E-state index contributed by atoms with van der Waals surface area (Å²) in [6, 6.07) is 5.77. The second kappa shape index (κ2) is 8.30. The summed E-state index contributed by atoms with van der Waals surface area (Å²) >= 11 is 1.63. The molecular formula is C20H24N6O2S. The molecule has 9 heteroatoms. The summed E-state index contributed by atoms with van der Waals surface area (Å²) in [5.41, 5.74) is 3.66. The van der Waals surface area contributed by atoms with E-state index in [0.717, 1.165) is 27.9 Å². The first-order valence-electron chi connectivity index (χ1n) is 9.54. The van der Waals surface area contributed by atoms with Gasteiger partial charge in [0.15, 0.2) is 5.13 Å². The molecule has 3 aromatic rings. The quantitative estimate of drug-likeness (QED) is 0.693. The van der Waals surface area contributed by atoms with Gasteiger partial charge in [-0.1, -0.05) is 0 Å². The average Bonchev–Trinajstić information content (AvgIpc) is 3.31. The Morgan fingerprint density at radius 3 is 2.90 bits per heavy atom. The first-order chi connectivity index (χ1) is 14.0. The zero-order chi connectivity index (χ0) is 20.4. The van der Waals surface area contributed by atoms with E-state index >= 15 is 0 Å². The Morgan fingerprint density at radius 1 is 1.31 bits per heavy atom. The lowest BCUT2D eigenvalue weighted by Crippen LogP contribution is -2.43. The molecule has 0 unspecified atom stereocenters. The lowest BCUT2D eigenvalue weighted by atomic mass is 10.1. The third-order valence-electron chi connectivity index (χ3n) is 4.86. The Balaban J connectivity index is 1.48. The van der Waals surface area contributed by atoms with Gasteiger partial charge in [0.25, 0.3) is 0 Å². The molecule has 0 radical (unpaired) electrons. The lowest BCUT2D eigenvalue weighted by Gasteiger charge is -2.33. The van der Waals surface area contributed by atoms with Crippen molar-refractivity contribution in [1.82, 2.24) is 24.6 Å². The number of pyridine rings is 1. The molecule has 0 bridgehead atoms. The number of hydrogen-bond donors (Lipinski definition) is 1. The van der Waals surface area contributed by atoms with Crippen LogP contribution in [0.4, 0.5) is 10.8 Å². The van der Waals surface area contributed by atoms with Crippen LogP contribution in [0.25, 0.3) is 0 Å². The molecule has 4 rings (SSSR count). The Hall–Kier alpha value is -2.78. The standard InChI is InChI=1S/C20H24N6O2S/c1-13-9-16(24-20-23-14(2)15(3)29-20)10-17(22-13)18-11-25(7-8-28-18)19(27)12-26-6-4-5-21-26/h4-6,9-10,18H,7-8,11-12H2,1-3H3,(H,22,23,24)/t18-/m0/s1. The molecular weight excluding hydrogens is 388 g/mol. The Labute approximate surface area is 173 Å². The summed E-state index contributed by atoms with van der Waals surface area (Å²) in [7, 11) is 0. The molecule has 29 heavy (non-hydrogen) atoms. The number of aryl methyl sites for hydroxylation is 3. The van der Waals surface area contributed by atoms with E-state index in [4.69, 9.17) is 4.74 Å². The van der Waals surface area contributed by atoms with Crippen molar-refractivity contribution in [3.05, 3.63) is 52.6 Å². The highest BCUT2D eigenvalue weighted by Gasteiger charge is 2.27. The zero-order valence-corrected chi connectivity index (χ0v) is 17.6. The smallest absolute Gasteiger partial charge is 0.244 e. The van der Waals surface area contributed by atoms with Crippen molar-refractivity contribution < 1.29 is 9.53 Å². The van der Waals surface area contributed by atoms with Crippen LogP contribution in [0, 0.1) is 20.8 Å². The highest BCUT2D eigenvalue weighted by molar-refractivity contribution is 7.15. The van der Waals surface area contributed by atoms with E-state index in [2.05, 4.69) is 27.3 Å². The van der Waals surface area contributed by atoms with Crippen molar-refractivity contribution in [2.24, 2.45) is 0 Å². The Morgan fingerprint density at radius 2 is 2.17 bits per heavy atom. The number of thiazole rings is 1. The van der Waals surface area contributed by atoms with Gasteiger partial charge in [0.2, 0.25) is 5.91 Å². The first-order valence-corrected chi connectivity index (χ1v) is 10.4. The fourth-order valence-electron chi connectivity index (χ4n) is 3.27. The number of ether oxygens (including phenoxy) is 1. The van der Waals surface area contributed by atoms with Crippen LogP contribution in [0.15, 0.2) is 30.6 Å². The molecule has 1 saturated heterocycles. The van der Waals surface area contributed by atoms with Gasteiger partial charge in [-0.05, 0) is 39.0 Å². The third kappa shape index (κ3) is 4.63. The van der Waals surface area contributed by atoms with E-state index < -0.39 is 0 Å². The lowest BCUT2D eigenvalue weighted by molar-refractivity contribution is -0.140. The van der Waals surface area contributed by atoms with Crippen molar-refractivity contribution in [2.75, 3.05) is 25.0 Å². The summed E-state index contributed by atoms with van der Waals surface area (Å²) in [6.45, 7) is 7.79. The molecule has 1 aliphatic rings. The first kappa shape index (κ1) is 19.5. The maximum absolute atomic E-state index is 12.6. The number of nitrogens with zero attached hydrogens (tertiary/aromatic N) is 5. The van der Waals surface area contributed by atoms with Crippen LogP contribution in [0.5, 0.6) is 0 Å². The molecule has 4 heterocycles. The highest BCUT2D eigenvalue weighted by atomic mass is 32.1. The van der Waals surface area contributed by atoms with Gasteiger partial charge < -0.3 is 15.0 Å². The summed E-state index contributed by atoms with van der Waals surface area (Å²) < 4.78 is 7.58.